The largest absolute Gasteiger partial charge is 0.484 e. The summed E-state index contributed by atoms with van der Waals surface area (Å²) in [5, 5.41) is 3.81. The summed E-state index contributed by atoms with van der Waals surface area (Å²) in [5.74, 6) is 0.318. The molecule has 2 aromatic rings. The summed E-state index contributed by atoms with van der Waals surface area (Å²) < 4.78 is 6.28. The lowest BCUT2D eigenvalue weighted by Crippen LogP contribution is -2.24. The summed E-state index contributed by atoms with van der Waals surface area (Å²) >= 11 is 3.33. The number of ether oxygens (including phenoxy) is 1. The summed E-state index contributed by atoms with van der Waals surface area (Å²) in [5.41, 5.74) is 3.46. The van der Waals surface area contributed by atoms with Crippen molar-refractivity contribution in [1.82, 2.24) is 5.43 Å². The van der Waals surface area contributed by atoms with Gasteiger partial charge in [0.05, 0.1) is 0 Å². The zero-order valence-electron chi connectivity index (χ0n) is 11.8. The van der Waals surface area contributed by atoms with E-state index in [0.29, 0.717) is 5.75 Å². The summed E-state index contributed by atoms with van der Waals surface area (Å²) in [7, 11) is 0. The van der Waals surface area contributed by atoms with E-state index in [1.807, 2.05) is 48.5 Å². The Morgan fingerprint density at radius 2 is 1.86 bits per heavy atom. The molecule has 5 heteroatoms. The van der Waals surface area contributed by atoms with Crippen LogP contribution in [-0.4, -0.2) is 18.7 Å². The number of hydrogen-bond acceptors (Lipinski definition) is 3. The van der Waals surface area contributed by atoms with Crippen molar-refractivity contribution in [2.24, 2.45) is 5.10 Å². The third kappa shape index (κ3) is 5.93. The fourth-order valence-corrected chi connectivity index (χ4v) is 1.85. The average molecular weight is 359 g/mol. The van der Waals surface area contributed by atoms with Gasteiger partial charge in [0, 0.05) is 10.7 Å². The van der Waals surface area contributed by atoms with Crippen molar-refractivity contribution in [2.75, 3.05) is 6.61 Å². The molecule has 112 valence electrons. The van der Waals surface area contributed by atoms with Gasteiger partial charge in [0.25, 0.3) is 5.91 Å². The molecule has 1 amide bonds. The fraction of sp³-hybridized carbons (Fsp3) is 0.0588. The standard InChI is InChI=1S/C17H15BrN2O2/c18-15-8-10-16(11-9-15)22-13-17(21)20-19-12-4-7-14-5-2-1-3-6-14/h1-12H,13H2,(H,20,21)/b7-4+,19-12-. The second kappa shape index (κ2) is 8.79. The normalized spacial score (nSPS) is 11.0. The molecule has 0 aromatic heterocycles. The van der Waals surface area contributed by atoms with Crippen LogP contribution in [0, 0.1) is 0 Å². The van der Waals surface area contributed by atoms with E-state index >= 15 is 0 Å². The second-order valence-corrected chi connectivity index (χ2v) is 5.24. The van der Waals surface area contributed by atoms with Gasteiger partial charge in [0.2, 0.25) is 0 Å². The number of nitrogens with zero attached hydrogens (tertiary/aromatic N) is 1. The molecule has 0 atom stereocenters. The zero-order chi connectivity index (χ0) is 15.6. The lowest BCUT2D eigenvalue weighted by atomic mass is 10.2. The summed E-state index contributed by atoms with van der Waals surface area (Å²) in [4.78, 5) is 11.5. The predicted molar refractivity (Wildman–Crippen MR) is 91.7 cm³/mol. The quantitative estimate of drug-likeness (QED) is 0.632. The maximum Gasteiger partial charge on any atom is 0.277 e. The van der Waals surface area contributed by atoms with E-state index in [2.05, 4.69) is 26.5 Å². The summed E-state index contributed by atoms with van der Waals surface area (Å²) in [6, 6.07) is 17.1. The summed E-state index contributed by atoms with van der Waals surface area (Å²) in [6.07, 6.45) is 5.17. The van der Waals surface area contributed by atoms with Gasteiger partial charge in [0.15, 0.2) is 6.61 Å². The number of rotatable bonds is 6. The third-order valence-corrected chi connectivity index (χ3v) is 3.15. The van der Waals surface area contributed by atoms with Crippen molar-refractivity contribution in [3.05, 3.63) is 70.7 Å². The van der Waals surface area contributed by atoms with Crippen molar-refractivity contribution in [3.63, 3.8) is 0 Å². The first kappa shape index (κ1) is 16.0. The van der Waals surface area contributed by atoms with E-state index in [1.54, 1.807) is 18.2 Å². The molecule has 22 heavy (non-hydrogen) atoms. The van der Waals surface area contributed by atoms with Crippen molar-refractivity contribution in [1.29, 1.82) is 0 Å². The van der Waals surface area contributed by atoms with Crippen molar-refractivity contribution < 1.29 is 9.53 Å². The van der Waals surface area contributed by atoms with Crippen LogP contribution >= 0.6 is 15.9 Å². The molecule has 0 heterocycles. The van der Waals surface area contributed by atoms with Crippen LogP contribution < -0.4 is 10.2 Å². The van der Waals surface area contributed by atoms with Gasteiger partial charge in [-0.3, -0.25) is 4.79 Å². The van der Waals surface area contributed by atoms with Crippen LogP contribution in [0.4, 0.5) is 0 Å². The molecule has 0 radical (unpaired) electrons. The topological polar surface area (TPSA) is 50.7 Å². The molecular weight excluding hydrogens is 344 g/mol. The Morgan fingerprint density at radius 1 is 1.14 bits per heavy atom. The molecule has 0 saturated carbocycles. The lowest BCUT2D eigenvalue weighted by molar-refractivity contribution is -0.123. The number of hydrazone groups is 1. The maximum absolute atomic E-state index is 11.5. The van der Waals surface area contributed by atoms with E-state index < -0.39 is 0 Å². The Labute approximate surface area is 137 Å². The fourth-order valence-electron chi connectivity index (χ4n) is 1.58. The van der Waals surface area contributed by atoms with Gasteiger partial charge in [-0.15, -0.1) is 0 Å². The first-order valence-corrected chi connectivity index (χ1v) is 7.45. The smallest absolute Gasteiger partial charge is 0.277 e. The molecule has 4 nitrogen and oxygen atoms in total. The third-order valence-electron chi connectivity index (χ3n) is 2.62. The number of amides is 1. The highest BCUT2D eigenvalue weighted by Crippen LogP contribution is 2.15. The van der Waals surface area contributed by atoms with Crippen molar-refractivity contribution >= 4 is 34.1 Å². The molecular formula is C17H15BrN2O2. The highest BCUT2D eigenvalue weighted by molar-refractivity contribution is 9.10. The number of nitrogens with one attached hydrogen (secondary N) is 1. The Hall–Kier alpha value is -2.40. The maximum atomic E-state index is 11.5. The SMILES string of the molecule is O=C(COc1ccc(Br)cc1)N/N=C\C=C\c1ccccc1. The van der Waals surface area contributed by atoms with E-state index in [9.17, 15) is 4.79 Å². The van der Waals surface area contributed by atoms with Crippen LogP contribution in [0.1, 0.15) is 5.56 Å². The van der Waals surface area contributed by atoms with Crippen LogP contribution in [-0.2, 0) is 4.79 Å². The van der Waals surface area contributed by atoms with E-state index in [-0.39, 0.29) is 12.5 Å². The number of hydrogen-bond donors (Lipinski definition) is 1. The minimum Gasteiger partial charge on any atom is -0.484 e. The first-order valence-electron chi connectivity index (χ1n) is 6.66. The number of halogens is 1. The van der Waals surface area contributed by atoms with Crippen molar-refractivity contribution in [2.45, 2.75) is 0 Å². The Kier molecular flexibility index (Phi) is 6.39. The van der Waals surface area contributed by atoms with Crippen LogP contribution in [0.3, 0.4) is 0 Å². The van der Waals surface area contributed by atoms with Crippen LogP contribution in [0.15, 0.2) is 70.2 Å². The molecule has 0 aliphatic heterocycles. The van der Waals surface area contributed by atoms with Gasteiger partial charge in [-0.1, -0.05) is 52.3 Å². The monoisotopic (exact) mass is 358 g/mol. The highest BCUT2D eigenvalue weighted by atomic mass is 79.9. The lowest BCUT2D eigenvalue weighted by Gasteiger charge is -2.04. The minimum absolute atomic E-state index is 0.0820. The molecule has 0 spiro atoms. The number of allylic oxidation sites excluding steroid dienone is 1. The molecule has 0 unspecified atom stereocenters. The van der Waals surface area contributed by atoms with E-state index in [0.717, 1.165) is 10.0 Å². The minimum atomic E-state index is -0.313. The Morgan fingerprint density at radius 3 is 2.59 bits per heavy atom. The average Bonchev–Trinajstić information content (AvgIpc) is 2.55. The van der Waals surface area contributed by atoms with Gasteiger partial charge in [-0.05, 0) is 35.9 Å². The molecule has 0 bridgehead atoms. The van der Waals surface area contributed by atoms with Crippen LogP contribution in [0.25, 0.3) is 6.08 Å². The predicted octanol–water partition coefficient (Wildman–Crippen LogP) is 3.64. The van der Waals surface area contributed by atoms with Gasteiger partial charge in [0.1, 0.15) is 5.75 Å². The van der Waals surface area contributed by atoms with Gasteiger partial charge in [-0.25, -0.2) is 5.43 Å². The van der Waals surface area contributed by atoms with E-state index in [1.165, 1.54) is 6.21 Å². The Bertz CT molecular complexity index is 652. The van der Waals surface area contributed by atoms with Crippen LogP contribution in [0.2, 0.25) is 0 Å². The highest BCUT2D eigenvalue weighted by Gasteiger charge is 2.00. The number of carbonyl (C=O) groups is 1. The Balaban J connectivity index is 1.70. The van der Waals surface area contributed by atoms with Gasteiger partial charge < -0.3 is 4.74 Å². The van der Waals surface area contributed by atoms with E-state index in [4.69, 9.17) is 4.74 Å². The molecule has 0 aliphatic rings. The summed E-state index contributed by atoms with van der Waals surface area (Å²) in [6.45, 7) is -0.0820. The molecule has 2 rings (SSSR count). The zero-order valence-corrected chi connectivity index (χ0v) is 13.4. The number of benzene rings is 2. The molecule has 1 N–H and O–H groups in total. The molecule has 0 saturated heterocycles. The number of carbonyl (C=O) groups excluding carboxylic acids is 1. The van der Waals surface area contributed by atoms with Crippen LogP contribution in [0.5, 0.6) is 5.75 Å². The molecule has 0 aliphatic carbocycles. The van der Waals surface area contributed by atoms with Crippen molar-refractivity contribution in [3.8, 4) is 5.75 Å². The molecule has 0 fully saturated rings. The van der Waals surface area contributed by atoms with Gasteiger partial charge in [-0.2, -0.15) is 5.10 Å². The second-order valence-electron chi connectivity index (χ2n) is 4.33. The molecule has 2 aromatic carbocycles. The van der Waals surface area contributed by atoms with Gasteiger partial charge >= 0.3 is 0 Å². The first-order chi connectivity index (χ1) is 10.7.